The molecule has 0 saturated heterocycles. The van der Waals surface area contributed by atoms with Crippen LogP contribution in [-0.2, 0) is 18.4 Å². The second kappa shape index (κ2) is 12.6. The van der Waals surface area contributed by atoms with E-state index in [-0.39, 0.29) is 31.7 Å². The van der Waals surface area contributed by atoms with E-state index in [4.69, 9.17) is 38.0 Å². The molecule has 2 rings (SSSR count). The number of nitrogens with one attached hydrogen (secondary N) is 2. The van der Waals surface area contributed by atoms with Crippen LogP contribution in [0.2, 0.25) is 10.0 Å². The summed E-state index contributed by atoms with van der Waals surface area (Å²) in [5.41, 5.74) is 8.18. The van der Waals surface area contributed by atoms with Gasteiger partial charge in [-0.3, -0.25) is 14.2 Å². The fourth-order valence-corrected chi connectivity index (χ4v) is 5.54. The molecule has 4 N–H and O–H groups in total. The number of hydrogen-bond acceptors (Lipinski definition) is 7. The van der Waals surface area contributed by atoms with Crippen molar-refractivity contribution in [3.05, 3.63) is 57.1 Å². The predicted molar refractivity (Wildman–Crippen MR) is 137 cm³/mol. The van der Waals surface area contributed by atoms with Gasteiger partial charge in [-0.25, -0.2) is 0 Å². The third-order valence-corrected chi connectivity index (χ3v) is 7.70. The van der Waals surface area contributed by atoms with Gasteiger partial charge in [0.05, 0.1) is 19.4 Å². The van der Waals surface area contributed by atoms with Gasteiger partial charge in [0.15, 0.2) is 5.78 Å². The zero-order valence-corrected chi connectivity index (χ0v) is 22.0. The highest BCUT2D eigenvalue weighted by molar-refractivity contribution is 7.53. The van der Waals surface area contributed by atoms with E-state index < -0.39 is 19.5 Å². The monoisotopic (exact) mass is 529 g/mol. The summed E-state index contributed by atoms with van der Waals surface area (Å²) in [4.78, 5) is 24.6. The lowest BCUT2D eigenvalue weighted by molar-refractivity contribution is -0.118. The lowest BCUT2D eigenvalue weighted by atomic mass is 10.0. The number of benzene rings is 2. The lowest BCUT2D eigenvalue weighted by Gasteiger charge is -2.23. The van der Waals surface area contributed by atoms with E-state index in [0.29, 0.717) is 32.5 Å². The van der Waals surface area contributed by atoms with Crippen LogP contribution in [0.4, 0.5) is 11.4 Å². The molecule has 186 valence electrons. The standard InChI is InChI=1S/C23H30Cl2N3O5P/c1-5-32-34(31,33-6-2)11-10-27-20-12-14(3)19(13-16(20)15(4)29)28-22(23(26)30)21-17(24)8-7-9-18(21)25/h7-9,12-13,22,27-28H,5-6,10-11H2,1-4H3,(H2,26,30). The van der Waals surface area contributed by atoms with Gasteiger partial charge < -0.3 is 25.4 Å². The summed E-state index contributed by atoms with van der Waals surface area (Å²) in [6, 6.07) is 7.28. The normalized spacial score (nSPS) is 12.3. The number of carbonyl (C=O) groups is 2. The van der Waals surface area contributed by atoms with Gasteiger partial charge in [0, 0.05) is 39.1 Å². The number of Topliss-reactive ketones (excluding diaryl/α,β-unsaturated/α-hetero) is 1. The van der Waals surface area contributed by atoms with Crippen molar-refractivity contribution in [2.75, 3.05) is 36.6 Å². The van der Waals surface area contributed by atoms with Crippen molar-refractivity contribution in [3.63, 3.8) is 0 Å². The second-order valence-electron chi connectivity index (χ2n) is 7.48. The molecular formula is C23H30Cl2N3O5P. The van der Waals surface area contributed by atoms with Crippen molar-refractivity contribution >= 4 is 53.9 Å². The van der Waals surface area contributed by atoms with Gasteiger partial charge >= 0.3 is 7.60 Å². The van der Waals surface area contributed by atoms with Crippen molar-refractivity contribution in [1.82, 2.24) is 0 Å². The highest BCUT2D eigenvalue weighted by Crippen LogP contribution is 2.47. The quantitative estimate of drug-likeness (QED) is 0.221. The molecule has 0 spiro atoms. The van der Waals surface area contributed by atoms with Crippen molar-refractivity contribution in [2.24, 2.45) is 5.73 Å². The number of rotatable bonds is 13. The minimum Gasteiger partial charge on any atom is -0.384 e. The van der Waals surface area contributed by atoms with Crippen molar-refractivity contribution in [3.8, 4) is 0 Å². The van der Waals surface area contributed by atoms with Gasteiger partial charge in [-0.1, -0.05) is 29.3 Å². The van der Waals surface area contributed by atoms with Crippen LogP contribution in [0.25, 0.3) is 0 Å². The zero-order valence-electron chi connectivity index (χ0n) is 19.6. The summed E-state index contributed by atoms with van der Waals surface area (Å²) >= 11 is 12.6. The van der Waals surface area contributed by atoms with Crippen molar-refractivity contribution in [2.45, 2.75) is 33.7 Å². The van der Waals surface area contributed by atoms with Crippen molar-refractivity contribution < 1.29 is 23.2 Å². The number of primary amides is 1. The molecule has 1 amide bonds. The highest BCUT2D eigenvalue weighted by atomic mass is 35.5. The molecule has 34 heavy (non-hydrogen) atoms. The van der Waals surface area contributed by atoms with Gasteiger partial charge in [-0.15, -0.1) is 0 Å². The van der Waals surface area contributed by atoms with Gasteiger partial charge in [0.1, 0.15) is 6.04 Å². The number of anilines is 2. The molecule has 0 radical (unpaired) electrons. The minimum atomic E-state index is -3.23. The molecule has 2 aromatic rings. The van der Waals surface area contributed by atoms with Crippen LogP contribution >= 0.6 is 30.8 Å². The molecule has 11 heteroatoms. The van der Waals surface area contributed by atoms with Crippen LogP contribution in [0.15, 0.2) is 30.3 Å². The maximum atomic E-state index is 12.7. The summed E-state index contributed by atoms with van der Waals surface area (Å²) in [5, 5.41) is 6.80. The fraction of sp³-hybridized carbons (Fsp3) is 0.391. The highest BCUT2D eigenvalue weighted by Gasteiger charge is 2.25. The first-order valence-electron chi connectivity index (χ1n) is 10.8. The fourth-order valence-electron chi connectivity index (χ4n) is 3.42. The average Bonchev–Trinajstić information content (AvgIpc) is 2.74. The Hall–Kier alpha value is -2.09. The van der Waals surface area contributed by atoms with E-state index in [2.05, 4.69) is 10.6 Å². The molecule has 0 aromatic heterocycles. The maximum Gasteiger partial charge on any atom is 0.332 e. The van der Waals surface area contributed by atoms with Crippen LogP contribution in [-0.4, -0.2) is 37.6 Å². The summed E-state index contributed by atoms with van der Waals surface area (Å²) in [7, 11) is -3.23. The second-order valence-corrected chi connectivity index (χ2v) is 10.5. The van der Waals surface area contributed by atoms with Gasteiger partial charge in [-0.2, -0.15) is 0 Å². The Morgan fingerprint density at radius 3 is 2.18 bits per heavy atom. The Labute approximate surface area is 210 Å². The number of hydrogen-bond donors (Lipinski definition) is 3. The SMILES string of the molecule is CCOP(=O)(CCNc1cc(C)c(NC(C(N)=O)c2c(Cl)cccc2Cl)cc1C(C)=O)OCC. The Balaban J connectivity index is 2.33. The number of amides is 1. The van der Waals surface area contributed by atoms with E-state index in [1.54, 1.807) is 44.2 Å². The summed E-state index contributed by atoms with van der Waals surface area (Å²) < 4.78 is 23.3. The molecule has 2 aromatic carbocycles. The molecule has 0 saturated carbocycles. The molecule has 8 nitrogen and oxygen atoms in total. The Morgan fingerprint density at radius 1 is 1.09 bits per heavy atom. The van der Waals surface area contributed by atoms with E-state index in [1.165, 1.54) is 6.92 Å². The van der Waals surface area contributed by atoms with Crippen LogP contribution in [0.3, 0.4) is 0 Å². The molecule has 1 unspecified atom stereocenters. The topological polar surface area (TPSA) is 120 Å². The van der Waals surface area contributed by atoms with Gasteiger partial charge in [0.25, 0.3) is 0 Å². The number of aryl methyl sites for hydroxylation is 1. The van der Waals surface area contributed by atoms with Gasteiger partial charge in [-0.05, 0) is 57.5 Å². The van der Waals surface area contributed by atoms with Crippen LogP contribution in [0.5, 0.6) is 0 Å². The smallest absolute Gasteiger partial charge is 0.332 e. The average molecular weight is 530 g/mol. The Morgan fingerprint density at radius 2 is 1.68 bits per heavy atom. The third-order valence-electron chi connectivity index (χ3n) is 4.97. The first kappa shape index (κ1) is 28.1. The maximum absolute atomic E-state index is 12.7. The van der Waals surface area contributed by atoms with E-state index >= 15 is 0 Å². The zero-order chi connectivity index (χ0) is 25.5. The van der Waals surface area contributed by atoms with E-state index in [0.717, 1.165) is 5.56 Å². The number of halogens is 2. The summed E-state index contributed by atoms with van der Waals surface area (Å²) in [6.07, 6.45) is 0.139. The van der Waals surface area contributed by atoms with Gasteiger partial charge in [0.2, 0.25) is 5.91 Å². The van der Waals surface area contributed by atoms with Crippen LogP contribution < -0.4 is 16.4 Å². The number of ketones is 1. The summed E-state index contributed by atoms with van der Waals surface area (Å²) in [5.74, 6) is -0.877. The largest absolute Gasteiger partial charge is 0.384 e. The molecule has 0 fully saturated rings. The van der Waals surface area contributed by atoms with Crippen LogP contribution in [0.1, 0.15) is 48.3 Å². The lowest BCUT2D eigenvalue weighted by Crippen LogP contribution is -2.28. The molecular weight excluding hydrogens is 500 g/mol. The first-order valence-corrected chi connectivity index (χ1v) is 13.3. The van der Waals surface area contributed by atoms with Crippen molar-refractivity contribution in [1.29, 1.82) is 0 Å². The molecule has 0 heterocycles. The van der Waals surface area contributed by atoms with Crippen LogP contribution in [0, 0.1) is 6.92 Å². The van der Waals surface area contributed by atoms with E-state index in [9.17, 15) is 14.2 Å². The minimum absolute atomic E-state index is 0.139. The third kappa shape index (κ3) is 7.20. The molecule has 1 atom stereocenters. The number of carbonyl (C=O) groups excluding carboxylic acids is 2. The predicted octanol–water partition coefficient (Wildman–Crippen LogP) is 5.82. The molecule has 0 bridgehead atoms. The molecule has 0 aliphatic rings. The first-order chi connectivity index (χ1) is 16.0. The Bertz CT molecular complexity index is 1070. The molecule has 0 aliphatic carbocycles. The molecule has 0 aliphatic heterocycles. The van der Waals surface area contributed by atoms with E-state index in [1.807, 2.05) is 6.92 Å². The number of nitrogens with two attached hydrogens (primary N) is 1. The Kier molecular flexibility index (Phi) is 10.4. The summed E-state index contributed by atoms with van der Waals surface area (Å²) in [6.45, 7) is 7.55.